The van der Waals surface area contributed by atoms with Crippen LogP contribution in [0.4, 0.5) is 5.82 Å². The molecule has 0 unspecified atom stereocenters. The highest BCUT2D eigenvalue weighted by Gasteiger charge is 2.16. The molecule has 2 rings (SSSR count). The van der Waals surface area contributed by atoms with Crippen LogP contribution in [0.3, 0.4) is 0 Å². The average molecular weight is 292 g/mol. The van der Waals surface area contributed by atoms with E-state index in [0.29, 0.717) is 10.8 Å². The van der Waals surface area contributed by atoms with Gasteiger partial charge in [0.1, 0.15) is 10.8 Å². The highest BCUT2D eigenvalue weighted by molar-refractivity contribution is 7.80. The minimum Gasteiger partial charge on any atom is -0.389 e. The van der Waals surface area contributed by atoms with E-state index in [1.54, 1.807) is 6.07 Å². The van der Waals surface area contributed by atoms with Crippen LogP contribution in [0.5, 0.6) is 0 Å². The molecule has 3 N–H and O–H groups in total. The minimum atomic E-state index is 0.116. The van der Waals surface area contributed by atoms with Gasteiger partial charge in [-0.2, -0.15) is 0 Å². The van der Waals surface area contributed by atoms with E-state index in [2.05, 4.69) is 10.3 Å². The molecule has 108 valence electrons. The predicted octanol–water partition coefficient (Wildman–Crippen LogP) is 1.45. The van der Waals surface area contributed by atoms with Gasteiger partial charge in [-0.1, -0.05) is 12.2 Å². The van der Waals surface area contributed by atoms with Crippen LogP contribution in [0, 0.1) is 6.92 Å². The Balaban J connectivity index is 1.96. The number of carbonyl (C=O) groups is 1. The summed E-state index contributed by atoms with van der Waals surface area (Å²) >= 11 is 4.97. The SMILES string of the molecule is Cc1cc(C(N)=S)cc(NCC(=O)N2CCCCC2)n1. The maximum Gasteiger partial charge on any atom is 0.241 e. The Morgan fingerprint density at radius 2 is 2.10 bits per heavy atom. The summed E-state index contributed by atoms with van der Waals surface area (Å²) in [6.45, 7) is 3.85. The topological polar surface area (TPSA) is 71.2 Å². The standard InChI is InChI=1S/C14H20N4OS/c1-10-7-11(14(15)20)8-12(17-10)16-9-13(19)18-5-3-2-4-6-18/h7-8H,2-6,9H2,1H3,(H2,15,20)(H,16,17). The maximum absolute atomic E-state index is 12.1. The Kier molecular flexibility index (Phi) is 4.89. The molecule has 1 fully saturated rings. The van der Waals surface area contributed by atoms with Gasteiger partial charge in [0.25, 0.3) is 0 Å². The fourth-order valence-electron chi connectivity index (χ4n) is 2.32. The first-order chi connectivity index (χ1) is 9.56. The fourth-order valence-corrected chi connectivity index (χ4v) is 2.44. The van der Waals surface area contributed by atoms with Crippen molar-refractivity contribution in [3.8, 4) is 0 Å². The van der Waals surface area contributed by atoms with Gasteiger partial charge in [-0.15, -0.1) is 0 Å². The molecule has 5 nitrogen and oxygen atoms in total. The van der Waals surface area contributed by atoms with Crippen molar-refractivity contribution in [2.75, 3.05) is 25.0 Å². The van der Waals surface area contributed by atoms with Crippen molar-refractivity contribution in [2.24, 2.45) is 5.73 Å². The number of amides is 1. The van der Waals surface area contributed by atoms with E-state index in [-0.39, 0.29) is 12.5 Å². The zero-order valence-electron chi connectivity index (χ0n) is 11.7. The summed E-state index contributed by atoms with van der Waals surface area (Å²) in [6.07, 6.45) is 3.41. The maximum atomic E-state index is 12.1. The second-order valence-corrected chi connectivity index (χ2v) is 5.48. The summed E-state index contributed by atoms with van der Waals surface area (Å²) in [4.78, 5) is 18.6. The number of nitrogens with one attached hydrogen (secondary N) is 1. The van der Waals surface area contributed by atoms with Crippen LogP contribution in [0.1, 0.15) is 30.5 Å². The molecule has 0 saturated carbocycles. The third kappa shape index (κ3) is 3.90. The molecule has 1 aromatic heterocycles. The zero-order chi connectivity index (χ0) is 14.5. The average Bonchev–Trinajstić information content (AvgIpc) is 2.45. The molecule has 0 atom stereocenters. The fraction of sp³-hybridized carbons (Fsp3) is 0.500. The Morgan fingerprint density at radius 3 is 2.75 bits per heavy atom. The lowest BCUT2D eigenvalue weighted by Crippen LogP contribution is -2.39. The van der Waals surface area contributed by atoms with E-state index in [4.69, 9.17) is 18.0 Å². The summed E-state index contributed by atoms with van der Waals surface area (Å²) in [6, 6.07) is 3.61. The first-order valence-electron chi connectivity index (χ1n) is 6.86. The summed E-state index contributed by atoms with van der Waals surface area (Å²) in [5.41, 5.74) is 7.21. The Labute approximate surface area is 124 Å². The van der Waals surface area contributed by atoms with Crippen LogP contribution in [-0.4, -0.2) is 40.4 Å². The monoisotopic (exact) mass is 292 g/mol. The van der Waals surface area contributed by atoms with Crippen LogP contribution < -0.4 is 11.1 Å². The van der Waals surface area contributed by atoms with Crippen molar-refractivity contribution < 1.29 is 4.79 Å². The quantitative estimate of drug-likeness (QED) is 0.822. The van der Waals surface area contributed by atoms with E-state index in [9.17, 15) is 4.79 Å². The van der Waals surface area contributed by atoms with Gasteiger partial charge < -0.3 is 16.0 Å². The van der Waals surface area contributed by atoms with Gasteiger partial charge in [0.2, 0.25) is 5.91 Å². The van der Waals surface area contributed by atoms with Crippen LogP contribution in [0.25, 0.3) is 0 Å². The molecular weight excluding hydrogens is 272 g/mol. The minimum absolute atomic E-state index is 0.116. The second kappa shape index (κ2) is 6.65. The van der Waals surface area contributed by atoms with Crippen molar-refractivity contribution in [3.63, 3.8) is 0 Å². The van der Waals surface area contributed by atoms with Crippen molar-refractivity contribution >= 4 is 28.9 Å². The number of hydrogen-bond donors (Lipinski definition) is 2. The van der Waals surface area contributed by atoms with Crippen molar-refractivity contribution in [3.05, 3.63) is 23.4 Å². The first kappa shape index (κ1) is 14.7. The largest absolute Gasteiger partial charge is 0.389 e. The third-order valence-corrected chi connectivity index (χ3v) is 3.60. The number of pyridine rings is 1. The number of nitrogens with zero attached hydrogens (tertiary/aromatic N) is 2. The molecule has 1 saturated heterocycles. The summed E-state index contributed by atoms with van der Waals surface area (Å²) in [7, 11) is 0. The summed E-state index contributed by atoms with van der Waals surface area (Å²) < 4.78 is 0. The second-order valence-electron chi connectivity index (χ2n) is 5.04. The Hall–Kier alpha value is -1.69. The highest BCUT2D eigenvalue weighted by atomic mass is 32.1. The van der Waals surface area contributed by atoms with Gasteiger partial charge in [-0.3, -0.25) is 4.79 Å². The molecule has 0 aromatic carbocycles. The molecule has 1 amide bonds. The lowest BCUT2D eigenvalue weighted by atomic mass is 10.1. The van der Waals surface area contributed by atoms with E-state index in [0.717, 1.165) is 37.2 Å². The summed E-state index contributed by atoms with van der Waals surface area (Å²) in [5, 5.41) is 3.06. The smallest absolute Gasteiger partial charge is 0.241 e. The zero-order valence-corrected chi connectivity index (χ0v) is 12.5. The molecule has 1 aromatic rings. The van der Waals surface area contributed by atoms with E-state index >= 15 is 0 Å². The molecule has 0 aliphatic carbocycles. The normalized spacial score (nSPS) is 14.9. The Morgan fingerprint density at radius 1 is 1.40 bits per heavy atom. The number of rotatable bonds is 4. The number of aromatic nitrogens is 1. The first-order valence-corrected chi connectivity index (χ1v) is 7.27. The van der Waals surface area contributed by atoms with Crippen molar-refractivity contribution in [1.82, 2.24) is 9.88 Å². The molecular formula is C14H20N4OS. The number of carbonyl (C=O) groups excluding carboxylic acids is 1. The molecule has 6 heteroatoms. The number of thiocarbonyl (C=S) groups is 1. The van der Waals surface area contributed by atoms with E-state index in [1.807, 2.05) is 17.9 Å². The number of piperidine rings is 1. The number of likely N-dealkylation sites (tertiary alicyclic amines) is 1. The van der Waals surface area contributed by atoms with Gasteiger partial charge in [0, 0.05) is 24.3 Å². The molecule has 0 spiro atoms. The van der Waals surface area contributed by atoms with Crippen LogP contribution in [0.2, 0.25) is 0 Å². The molecule has 0 radical (unpaired) electrons. The van der Waals surface area contributed by atoms with E-state index in [1.165, 1.54) is 6.42 Å². The van der Waals surface area contributed by atoms with Crippen LogP contribution >= 0.6 is 12.2 Å². The molecule has 1 aliphatic heterocycles. The van der Waals surface area contributed by atoms with Gasteiger partial charge >= 0.3 is 0 Å². The number of aryl methyl sites for hydroxylation is 1. The van der Waals surface area contributed by atoms with Crippen molar-refractivity contribution in [2.45, 2.75) is 26.2 Å². The van der Waals surface area contributed by atoms with Gasteiger partial charge in [0.05, 0.1) is 6.54 Å². The predicted molar refractivity (Wildman–Crippen MR) is 83.8 cm³/mol. The van der Waals surface area contributed by atoms with Gasteiger partial charge in [0.15, 0.2) is 0 Å². The number of anilines is 1. The third-order valence-electron chi connectivity index (χ3n) is 3.37. The lowest BCUT2D eigenvalue weighted by molar-refractivity contribution is -0.130. The highest BCUT2D eigenvalue weighted by Crippen LogP contribution is 2.11. The van der Waals surface area contributed by atoms with Gasteiger partial charge in [-0.05, 0) is 38.3 Å². The molecule has 20 heavy (non-hydrogen) atoms. The molecule has 2 heterocycles. The van der Waals surface area contributed by atoms with Gasteiger partial charge in [-0.25, -0.2) is 4.98 Å². The number of hydrogen-bond acceptors (Lipinski definition) is 4. The van der Waals surface area contributed by atoms with E-state index < -0.39 is 0 Å². The van der Waals surface area contributed by atoms with Crippen molar-refractivity contribution in [1.29, 1.82) is 0 Å². The summed E-state index contributed by atoms with van der Waals surface area (Å²) in [5.74, 6) is 0.753. The Bertz CT molecular complexity index is 512. The molecule has 0 bridgehead atoms. The van der Waals surface area contributed by atoms with Crippen LogP contribution in [0.15, 0.2) is 12.1 Å². The lowest BCUT2D eigenvalue weighted by Gasteiger charge is -2.26. The van der Waals surface area contributed by atoms with Crippen LogP contribution in [-0.2, 0) is 4.79 Å². The number of nitrogens with two attached hydrogens (primary N) is 1. The molecule has 1 aliphatic rings.